The molecule has 1 aliphatic heterocycles. The number of benzene rings is 2. The van der Waals surface area contributed by atoms with Gasteiger partial charge in [-0.15, -0.1) is 0 Å². The van der Waals surface area contributed by atoms with E-state index in [0.717, 1.165) is 16.8 Å². The molecule has 2 aliphatic rings. The lowest BCUT2D eigenvalue weighted by Gasteiger charge is -2.19. The quantitative estimate of drug-likeness (QED) is 0.788. The molecule has 5 heteroatoms. The first-order valence-corrected chi connectivity index (χ1v) is 8.59. The number of hydrogen-bond donors (Lipinski definition) is 0. The van der Waals surface area contributed by atoms with E-state index in [1.165, 1.54) is 19.2 Å². The van der Waals surface area contributed by atoms with E-state index in [1.807, 2.05) is 19.9 Å². The summed E-state index contributed by atoms with van der Waals surface area (Å²) in [6, 6.07) is 11.6. The van der Waals surface area contributed by atoms with Gasteiger partial charge in [0.25, 0.3) is 0 Å². The van der Waals surface area contributed by atoms with Gasteiger partial charge in [0.2, 0.25) is 5.91 Å². The zero-order valence-electron chi connectivity index (χ0n) is 15.0. The fraction of sp³-hybridized carbons (Fsp3) is 0.333. The third-order valence-electron chi connectivity index (χ3n) is 5.75. The van der Waals surface area contributed by atoms with Crippen molar-refractivity contribution in [3.8, 4) is 0 Å². The van der Waals surface area contributed by atoms with Gasteiger partial charge < -0.3 is 9.64 Å². The molecule has 2 aromatic rings. The summed E-state index contributed by atoms with van der Waals surface area (Å²) in [5.41, 5.74) is 1.98. The van der Waals surface area contributed by atoms with Crippen molar-refractivity contribution in [1.82, 2.24) is 0 Å². The first-order valence-electron chi connectivity index (χ1n) is 8.59. The number of halogens is 1. The van der Waals surface area contributed by atoms with Gasteiger partial charge in [0.15, 0.2) is 0 Å². The second-order valence-corrected chi connectivity index (χ2v) is 7.71. The zero-order valence-corrected chi connectivity index (χ0v) is 15.0. The van der Waals surface area contributed by atoms with Crippen LogP contribution in [0.2, 0.25) is 0 Å². The molecule has 1 unspecified atom stereocenters. The van der Waals surface area contributed by atoms with Crippen molar-refractivity contribution in [2.45, 2.75) is 32.2 Å². The molecule has 4 nitrogen and oxygen atoms in total. The standard InChI is InChI=1S/C21H20FNO3/c1-20(2)12-21(20)16-10-15(22)7-8-17(16)23(19(21)25)11-13-5-4-6-14(9-13)18(24)26-3/h4-10H,11-12H2,1-3H3. The lowest BCUT2D eigenvalue weighted by Crippen LogP contribution is -2.34. The SMILES string of the molecule is COC(=O)c1cccc(CN2C(=O)C3(CC3(C)C)c3cc(F)ccc32)c1. The van der Waals surface area contributed by atoms with Gasteiger partial charge in [0.1, 0.15) is 5.82 Å². The van der Waals surface area contributed by atoms with Gasteiger partial charge in [0, 0.05) is 5.69 Å². The molecule has 134 valence electrons. The number of methoxy groups -OCH3 is 1. The summed E-state index contributed by atoms with van der Waals surface area (Å²) in [4.78, 5) is 26.7. The first kappa shape index (κ1) is 16.8. The second kappa shape index (κ2) is 5.40. The highest BCUT2D eigenvalue weighted by atomic mass is 19.1. The molecule has 2 aromatic carbocycles. The summed E-state index contributed by atoms with van der Waals surface area (Å²) in [6.45, 7) is 4.42. The Bertz CT molecular complexity index is 937. The molecule has 0 aromatic heterocycles. The van der Waals surface area contributed by atoms with E-state index in [0.29, 0.717) is 18.5 Å². The highest BCUT2D eigenvalue weighted by molar-refractivity contribution is 6.11. The number of carbonyl (C=O) groups excluding carboxylic acids is 2. The van der Waals surface area contributed by atoms with E-state index in [1.54, 1.807) is 29.2 Å². The van der Waals surface area contributed by atoms with Gasteiger partial charge in [0.05, 0.1) is 24.6 Å². The van der Waals surface area contributed by atoms with E-state index < -0.39 is 11.4 Å². The van der Waals surface area contributed by atoms with Crippen LogP contribution in [0.15, 0.2) is 42.5 Å². The number of nitrogens with zero attached hydrogens (tertiary/aromatic N) is 1. The van der Waals surface area contributed by atoms with Crippen LogP contribution in [0, 0.1) is 11.2 Å². The third kappa shape index (κ3) is 2.19. The average molecular weight is 353 g/mol. The van der Waals surface area contributed by atoms with Crippen LogP contribution in [-0.2, 0) is 21.5 Å². The van der Waals surface area contributed by atoms with Gasteiger partial charge >= 0.3 is 5.97 Å². The molecule has 0 N–H and O–H groups in total. The number of fused-ring (bicyclic) bond motifs is 2. The average Bonchev–Trinajstić information content (AvgIpc) is 3.14. The lowest BCUT2D eigenvalue weighted by molar-refractivity contribution is -0.121. The van der Waals surface area contributed by atoms with Crippen LogP contribution >= 0.6 is 0 Å². The molecule has 1 fully saturated rings. The maximum Gasteiger partial charge on any atom is 0.337 e. The lowest BCUT2D eigenvalue weighted by atomic mass is 9.89. The van der Waals surface area contributed by atoms with Crippen molar-refractivity contribution in [3.05, 3.63) is 65.0 Å². The highest BCUT2D eigenvalue weighted by Crippen LogP contribution is 2.69. The van der Waals surface area contributed by atoms with Crippen LogP contribution in [0.25, 0.3) is 0 Å². The van der Waals surface area contributed by atoms with Crippen molar-refractivity contribution in [1.29, 1.82) is 0 Å². The van der Waals surface area contributed by atoms with Gasteiger partial charge in [-0.25, -0.2) is 9.18 Å². The minimum atomic E-state index is -0.635. The highest BCUT2D eigenvalue weighted by Gasteiger charge is 2.71. The Morgan fingerprint density at radius 2 is 1.96 bits per heavy atom. The zero-order chi connectivity index (χ0) is 18.7. The number of anilines is 1. The van der Waals surface area contributed by atoms with Gasteiger partial charge in [-0.1, -0.05) is 26.0 Å². The van der Waals surface area contributed by atoms with Crippen LogP contribution in [-0.4, -0.2) is 19.0 Å². The Balaban J connectivity index is 1.73. The van der Waals surface area contributed by atoms with Crippen molar-refractivity contribution in [2.75, 3.05) is 12.0 Å². The normalized spacial score (nSPS) is 22.5. The van der Waals surface area contributed by atoms with Crippen LogP contribution < -0.4 is 4.90 Å². The first-order chi connectivity index (χ1) is 12.3. The smallest absolute Gasteiger partial charge is 0.337 e. The second-order valence-electron chi connectivity index (χ2n) is 7.71. The Morgan fingerprint density at radius 1 is 1.23 bits per heavy atom. The Kier molecular flexibility index (Phi) is 3.48. The molecule has 1 atom stereocenters. The molecular formula is C21H20FNO3. The summed E-state index contributed by atoms with van der Waals surface area (Å²) >= 11 is 0. The molecule has 1 amide bonds. The van der Waals surface area contributed by atoms with Crippen molar-refractivity contribution in [2.24, 2.45) is 5.41 Å². The van der Waals surface area contributed by atoms with Crippen molar-refractivity contribution in [3.63, 3.8) is 0 Å². The monoisotopic (exact) mass is 353 g/mol. The van der Waals surface area contributed by atoms with E-state index in [4.69, 9.17) is 4.74 Å². The molecule has 4 rings (SSSR count). The largest absolute Gasteiger partial charge is 0.465 e. The fourth-order valence-corrected chi connectivity index (χ4v) is 4.24. The van der Waals surface area contributed by atoms with Crippen LogP contribution in [0.3, 0.4) is 0 Å². The summed E-state index contributed by atoms with van der Waals surface area (Å²) in [5.74, 6) is -0.735. The van der Waals surface area contributed by atoms with Gasteiger partial charge in [-0.3, -0.25) is 4.79 Å². The number of amides is 1. The Hall–Kier alpha value is -2.69. The molecule has 1 spiro atoms. The number of esters is 1. The van der Waals surface area contributed by atoms with E-state index in [-0.39, 0.29) is 17.1 Å². The van der Waals surface area contributed by atoms with E-state index in [9.17, 15) is 14.0 Å². The Labute approximate surface area is 151 Å². The molecule has 0 saturated heterocycles. The summed E-state index contributed by atoms with van der Waals surface area (Å²) in [6.07, 6.45) is 0.716. The molecule has 1 saturated carbocycles. The van der Waals surface area contributed by atoms with Crippen LogP contribution in [0.5, 0.6) is 0 Å². The van der Waals surface area contributed by atoms with Crippen LogP contribution in [0.1, 0.15) is 41.8 Å². The Morgan fingerprint density at radius 3 is 2.62 bits per heavy atom. The molecule has 1 heterocycles. The maximum absolute atomic E-state index is 13.9. The van der Waals surface area contributed by atoms with E-state index in [2.05, 4.69) is 0 Å². The molecule has 1 aliphatic carbocycles. The predicted octanol–water partition coefficient (Wildman–Crippen LogP) is 3.83. The molecular weight excluding hydrogens is 333 g/mol. The van der Waals surface area contributed by atoms with Crippen LogP contribution in [0.4, 0.5) is 10.1 Å². The van der Waals surface area contributed by atoms with Gasteiger partial charge in [-0.2, -0.15) is 0 Å². The summed E-state index contributed by atoms with van der Waals surface area (Å²) < 4.78 is 18.6. The predicted molar refractivity (Wildman–Crippen MR) is 95.4 cm³/mol. The minimum absolute atomic E-state index is 0.00608. The number of ether oxygens (including phenoxy) is 1. The third-order valence-corrected chi connectivity index (χ3v) is 5.75. The maximum atomic E-state index is 13.9. The number of carbonyl (C=O) groups is 2. The minimum Gasteiger partial charge on any atom is -0.465 e. The number of rotatable bonds is 3. The fourth-order valence-electron chi connectivity index (χ4n) is 4.24. The molecule has 0 radical (unpaired) electrons. The summed E-state index contributed by atoms with van der Waals surface area (Å²) in [7, 11) is 1.34. The van der Waals surface area contributed by atoms with Crippen molar-refractivity contribution < 1.29 is 18.7 Å². The van der Waals surface area contributed by atoms with Crippen molar-refractivity contribution >= 4 is 17.6 Å². The summed E-state index contributed by atoms with van der Waals surface area (Å²) in [5, 5.41) is 0. The molecule has 26 heavy (non-hydrogen) atoms. The topological polar surface area (TPSA) is 46.6 Å². The van der Waals surface area contributed by atoms with E-state index >= 15 is 0 Å². The van der Waals surface area contributed by atoms with Gasteiger partial charge in [-0.05, 0) is 53.3 Å². The molecule has 0 bridgehead atoms. The number of hydrogen-bond acceptors (Lipinski definition) is 3.